The summed E-state index contributed by atoms with van der Waals surface area (Å²) in [6.45, 7) is 3.41. The lowest BCUT2D eigenvalue weighted by molar-refractivity contribution is -0.136. The summed E-state index contributed by atoms with van der Waals surface area (Å²) in [6, 6.07) is 0. The highest BCUT2D eigenvalue weighted by atomic mass is 16.6. The molecule has 0 atom stereocenters. The first kappa shape index (κ1) is 11.2. The summed E-state index contributed by atoms with van der Waals surface area (Å²) in [5.74, 6) is 0.0636. The molecule has 0 spiro atoms. The quantitative estimate of drug-likeness (QED) is 0.458. The lowest BCUT2D eigenvalue weighted by Crippen LogP contribution is -2.20. The van der Waals surface area contributed by atoms with E-state index in [1.54, 1.807) is 6.92 Å². The van der Waals surface area contributed by atoms with E-state index < -0.39 is 5.97 Å². The number of carbonyl (C=O) groups excluding carboxylic acids is 1. The smallest absolute Gasteiger partial charge is 0.344 e. The Morgan fingerprint density at radius 2 is 2.18 bits per heavy atom. The number of esters is 1. The minimum Gasteiger partial charge on any atom is -0.462 e. The molecule has 92 valence electrons. The topological polar surface area (TPSA) is 115 Å². The summed E-state index contributed by atoms with van der Waals surface area (Å²) < 4.78 is 9.45. The van der Waals surface area contributed by atoms with E-state index in [-0.39, 0.29) is 23.7 Å². The highest BCUT2D eigenvalue weighted by Gasteiger charge is 2.26. The van der Waals surface area contributed by atoms with E-state index in [2.05, 4.69) is 25.6 Å². The van der Waals surface area contributed by atoms with Crippen LogP contribution in [0.5, 0.6) is 0 Å². The fourth-order valence-electron chi connectivity index (χ4n) is 1.50. The molecule has 0 amide bonds. The van der Waals surface area contributed by atoms with Crippen molar-refractivity contribution in [1.29, 1.82) is 0 Å². The number of ether oxygens (including phenoxy) is 1. The second-order valence-electron chi connectivity index (χ2n) is 3.32. The second kappa shape index (κ2) is 4.73. The molecule has 0 aliphatic carbocycles. The highest BCUT2D eigenvalue weighted by Crippen LogP contribution is 2.21. The van der Waals surface area contributed by atoms with Gasteiger partial charge in [-0.2, -0.15) is 0 Å². The second-order valence-corrected chi connectivity index (χ2v) is 3.32. The maximum absolute atomic E-state index is 11.9. The third-order valence-electron chi connectivity index (χ3n) is 2.21. The van der Waals surface area contributed by atoms with Crippen molar-refractivity contribution in [2.45, 2.75) is 6.92 Å². The van der Waals surface area contributed by atoms with Gasteiger partial charge in [-0.1, -0.05) is 0 Å². The van der Waals surface area contributed by atoms with Gasteiger partial charge in [-0.3, -0.25) is 0 Å². The third kappa shape index (κ3) is 2.14. The predicted molar refractivity (Wildman–Crippen MR) is 58.3 cm³/mol. The van der Waals surface area contributed by atoms with Gasteiger partial charge in [0.1, 0.15) is 11.4 Å². The van der Waals surface area contributed by atoms with E-state index >= 15 is 0 Å². The molecule has 1 aromatic heterocycles. The van der Waals surface area contributed by atoms with Crippen LogP contribution in [0.15, 0.2) is 10.5 Å². The van der Waals surface area contributed by atoms with Crippen LogP contribution in [0.1, 0.15) is 12.6 Å². The van der Waals surface area contributed by atoms with Gasteiger partial charge >= 0.3 is 5.97 Å². The van der Waals surface area contributed by atoms with Crippen molar-refractivity contribution < 1.29 is 14.2 Å². The molecule has 1 saturated heterocycles. The van der Waals surface area contributed by atoms with Crippen molar-refractivity contribution >= 4 is 17.4 Å². The minimum atomic E-state index is -0.521. The van der Waals surface area contributed by atoms with Crippen molar-refractivity contribution in [3.63, 3.8) is 0 Å². The Morgan fingerprint density at radius 1 is 1.47 bits per heavy atom. The molecule has 17 heavy (non-hydrogen) atoms. The van der Waals surface area contributed by atoms with E-state index in [1.807, 2.05) is 0 Å². The first-order chi connectivity index (χ1) is 8.24. The SMILES string of the molecule is CCOC(=O)C(=C1NCCN1)c1nonc1N. The van der Waals surface area contributed by atoms with E-state index in [0.29, 0.717) is 18.9 Å². The largest absolute Gasteiger partial charge is 0.462 e. The monoisotopic (exact) mass is 239 g/mol. The van der Waals surface area contributed by atoms with Crippen LogP contribution in [0.4, 0.5) is 5.82 Å². The van der Waals surface area contributed by atoms with Gasteiger partial charge in [-0.05, 0) is 17.2 Å². The Kier molecular flexibility index (Phi) is 3.12. The molecule has 0 unspecified atom stereocenters. The van der Waals surface area contributed by atoms with Gasteiger partial charge in [0, 0.05) is 13.1 Å². The van der Waals surface area contributed by atoms with Gasteiger partial charge in [0.2, 0.25) is 0 Å². The molecule has 0 radical (unpaired) electrons. The normalized spacial score (nSPS) is 14.1. The number of hydrogen-bond acceptors (Lipinski definition) is 8. The molecule has 1 aliphatic rings. The first-order valence-electron chi connectivity index (χ1n) is 5.21. The summed E-state index contributed by atoms with van der Waals surface area (Å²) in [4.78, 5) is 11.9. The third-order valence-corrected chi connectivity index (χ3v) is 2.21. The molecule has 1 fully saturated rings. The number of nitrogen functional groups attached to an aromatic ring is 1. The number of anilines is 1. The number of aromatic nitrogens is 2. The molecule has 1 aliphatic heterocycles. The minimum absolute atomic E-state index is 0.0519. The van der Waals surface area contributed by atoms with Crippen LogP contribution in [0.2, 0.25) is 0 Å². The average Bonchev–Trinajstić information content (AvgIpc) is 2.93. The van der Waals surface area contributed by atoms with Crippen molar-refractivity contribution in [1.82, 2.24) is 20.9 Å². The average molecular weight is 239 g/mol. The fourth-order valence-corrected chi connectivity index (χ4v) is 1.50. The zero-order valence-corrected chi connectivity index (χ0v) is 9.32. The number of hydrogen-bond donors (Lipinski definition) is 3. The molecule has 2 heterocycles. The molecule has 0 aromatic carbocycles. The standard InChI is InChI=1S/C9H13N5O3/c1-2-16-9(15)5(8-11-3-4-12-8)6-7(10)14-17-13-6/h11-12H,2-4H2,1H3,(H2,10,14). The van der Waals surface area contributed by atoms with Gasteiger partial charge in [0.15, 0.2) is 11.5 Å². The van der Waals surface area contributed by atoms with Gasteiger partial charge in [0.05, 0.1) is 6.61 Å². The molecular weight excluding hydrogens is 226 g/mol. The van der Waals surface area contributed by atoms with Crippen LogP contribution in [0.25, 0.3) is 5.57 Å². The molecule has 0 saturated carbocycles. The van der Waals surface area contributed by atoms with Gasteiger partial charge < -0.3 is 21.1 Å². The molecule has 2 rings (SSSR count). The lowest BCUT2D eigenvalue weighted by atomic mass is 10.2. The molecular formula is C9H13N5O3. The van der Waals surface area contributed by atoms with Crippen LogP contribution < -0.4 is 16.4 Å². The van der Waals surface area contributed by atoms with E-state index in [0.717, 1.165) is 0 Å². The fraction of sp³-hybridized carbons (Fsp3) is 0.444. The molecule has 0 bridgehead atoms. The Morgan fingerprint density at radius 3 is 2.71 bits per heavy atom. The zero-order chi connectivity index (χ0) is 12.3. The maximum atomic E-state index is 11.9. The van der Waals surface area contributed by atoms with Gasteiger partial charge in [0.25, 0.3) is 0 Å². The predicted octanol–water partition coefficient (Wildman–Crippen LogP) is -0.924. The number of carbonyl (C=O) groups is 1. The van der Waals surface area contributed by atoms with Crippen LogP contribution in [-0.2, 0) is 9.53 Å². The molecule has 8 heteroatoms. The Balaban J connectivity index is 2.41. The van der Waals surface area contributed by atoms with Crippen LogP contribution in [0, 0.1) is 0 Å². The van der Waals surface area contributed by atoms with Crippen molar-refractivity contribution in [2.75, 3.05) is 25.4 Å². The lowest BCUT2D eigenvalue weighted by Gasteiger charge is -2.08. The van der Waals surface area contributed by atoms with Crippen molar-refractivity contribution in [3.05, 3.63) is 11.5 Å². The Bertz CT molecular complexity index is 445. The Labute approximate surface area is 97.1 Å². The zero-order valence-electron chi connectivity index (χ0n) is 9.32. The molecule has 8 nitrogen and oxygen atoms in total. The number of rotatable bonds is 3. The summed E-state index contributed by atoms with van der Waals surface area (Å²) in [7, 11) is 0. The van der Waals surface area contributed by atoms with E-state index in [9.17, 15) is 4.79 Å². The molecule has 4 N–H and O–H groups in total. The summed E-state index contributed by atoms with van der Waals surface area (Å²) in [5, 5.41) is 13.1. The highest BCUT2D eigenvalue weighted by molar-refractivity contribution is 6.17. The van der Waals surface area contributed by atoms with Crippen LogP contribution in [-0.4, -0.2) is 36.0 Å². The number of nitrogens with zero attached hydrogens (tertiary/aromatic N) is 2. The first-order valence-corrected chi connectivity index (χ1v) is 5.21. The summed E-state index contributed by atoms with van der Waals surface area (Å²) >= 11 is 0. The van der Waals surface area contributed by atoms with E-state index in [1.165, 1.54) is 0 Å². The van der Waals surface area contributed by atoms with Gasteiger partial charge in [-0.15, -0.1) is 0 Å². The maximum Gasteiger partial charge on any atom is 0.344 e. The number of nitrogens with two attached hydrogens (primary N) is 1. The van der Waals surface area contributed by atoms with E-state index in [4.69, 9.17) is 10.5 Å². The summed E-state index contributed by atoms with van der Waals surface area (Å²) in [5.41, 5.74) is 5.97. The Hall–Kier alpha value is -2.25. The number of nitrogens with one attached hydrogen (secondary N) is 2. The van der Waals surface area contributed by atoms with Crippen LogP contribution >= 0.6 is 0 Å². The summed E-state index contributed by atoms with van der Waals surface area (Å²) in [6.07, 6.45) is 0. The van der Waals surface area contributed by atoms with Crippen LogP contribution in [0.3, 0.4) is 0 Å². The molecule has 1 aromatic rings. The van der Waals surface area contributed by atoms with Crippen molar-refractivity contribution in [2.24, 2.45) is 0 Å². The van der Waals surface area contributed by atoms with Crippen molar-refractivity contribution in [3.8, 4) is 0 Å². The van der Waals surface area contributed by atoms with Gasteiger partial charge in [-0.25, -0.2) is 9.42 Å².